The summed E-state index contributed by atoms with van der Waals surface area (Å²) in [6, 6.07) is 3.81. The van der Waals surface area contributed by atoms with Crippen molar-refractivity contribution in [3.63, 3.8) is 0 Å². The Hall–Kier alpha value is -1.26. The third-order valence-corrected chi connectivity index (χ3v) is 3.11. The van der Waals surface area contributed by atoms with Gasteiger partial charge in [0.05, 0.1) is 10.7 Å². The predicted octanol–water partition coefficient (Wildman–Crippen LogP) is 3.03. The molecular weight excluding hydrogens is 242 g/mol. The number of nitrogens with zero attached hydrogens (tertiary/aromatic N) is 1. The average molecular weight is 254 g/mol. The Morgan fingerprint density at radius 3 is 3.06 bits per heavy atom. The van der Waals surface area contributed by atoms with Crippen LogP contribution in [0.2, 0.25) is 5.02 Å². The molecular formula is C11H12ClN3S. The molecule has 0 bridgehead atoms. The van der Waals surface area contributed by atoms with E-state index in [0.29, 0.717) is 16.5 Å². The van der Waals surface area contributed by atoms with Crippen LogP contribution in [0.4, 0.5) is 11.5 Å². The maximum Gasteiger partial charge on any atom is 0.149 e. The Labute approximate surface area is 103 Å². The number of nitrogens with one attached hydrogen (secondary N) is 1. The standard InChI is InChI=1S/C11H12ClN3S/c12-9-5-10(13)11(15-6-9)14-3-1-8-2-4-16-7-8/h2,4-7H,1,3,13H2,(H,14,15). The summed E-state index contributed by atoms with van der Waals surface area (Å²) in [5.74, 6) is 0.694. The van der Waals surface area contributed by atoms with Gasteiger partial charge in [0, 0.05) is 12.7 Å². The van der Waals surface area contributed by atoms with Gasteiger partial charge in [0.2, 0.25) is 0 Å². The van der Waals surface area contributed by atoms with Crippen LogP contribution < -0.4 is 11.1 Å². The fourth-order valence-electron chi connectivity index (χ4n) is 1.36. The van der Waals surface area contributed by atoms with Gasteiger partial charge in [0.25, 0.3) is 0 Å². The Balaban J connectivity index is 1.90. The first kappa shape index (κ1) is 11.2. The molecule has 0 fully saturated rings. The number of hydrogen-bond acceptors (Lipinski definition) is 4. The molecule has 0 radical (unpaired) electrons. The maximum absolute atomic E-state index is 5.77. The van der Waals surface area contributed by atoms with E-state index in [1.165, 1.54) is 5.56 Å². The van der Waals surface area contributed by atoms with Gasteiger partial charge in [-0.15, -0.1) is 0 Å². The smallest absolute Gasteiger partial charge is 0.149 e. The van der Waals surface area contributed by atoms with Gasteiger partial charge in [0.1, 0.15) is 5.82 Å². The van der Waals surface area contributed by atoms with Gasteiger partial charge < -0.3 is 11.1 Å². The van der Waals surface area contributed by atoms with Gasteiger partial charge in [-0.1, -0.05) is 11.6 Å². The summed E-state index contributed by atoms with van der Waals surface area (Å²) in [5, 5.41) is 7.96. The van der Waals surface area contributed by atoms with Crippen molar-refractivity contribution in [3.8, 4) is 0 Å². The molecule has 0 saturated heterocycles. The number of aromatic nitrogens is 1. The fraction of sp³-hybridized carbons (Fsp3) is 0.182. The van der Waals surface area contributed by atoms with E-state index in [2.05, 4.69) is 27.1 Å². The van der Waals surface area contributed by atoms with E-state index in [-0.39, 0.29) is 0 Å². The molecule has 0 aliphatic heterocycles. The summed E-state index contributed by atoms with van der Waals surface area (Å²) in [7, 11) is 0. The molecule has 0 spiro atoms. The molecule has 2 heterocycles. The van der Waals surface area contributed by atoms with E-state index in [1.54, 1.807) is 23.6 Å². The lowest BCUT2D eigenvalue weighted by atomic mass is 10.2. The van der Waals surface area contributed by atoms with Crippen LogP contribution in [-0.4, -0.2) is 11.5 Å². The first-order valence-electron chi connectivity index (χ1n) is 4.91. The summed E-state index contributed by atoms with van der Waals surface area (Å²) in [4.78, 5) is 4.13. The number of nitrogens with two attached hydrogens (primary N) is 1. The predicted molar refractivity (Wildman–Crippen MR) is 70.2 cm³/mol. The molecule has 84 valence electrons. The maximum atomic E-state index is 5.77. The topological polar surface area (TPSA) is 50.9 Å². The molecule has 2 rings (SSSR count). The van der Waals surface area contributed by atoms with Crippen LogP contribution in [-0.2, 0) is 6.42 Å². The highest BCUT2D eigenvalue weighted by Gasteiger charge is 2.01. The molecule has 0 unspecified atom stereocenters. The molecule has 16 heavy (non-hydrogen) atoms. The second-order valence-corrected chi connectivity index (χ2v) is 4.62. The Kier molecular flexibility index (Phi) is 3.64. The van der Waals surface area contributed by atoms with Crippen LogP contribution in [0.15, 0.2) is 29.1 Å². The molecule has 0 amide bonds. The minimum absolute atomic E-state index is 0.556. The molecule has 5 heteroatoms. The zero-order valence-electron chi connectivity index (χ0n) is 8.61. The van der Waals surface area contributed by atoms with Crippen LogP contribution in [0, 0.1) is 0 Å². The number of nitrogen functional groups attached to an aromatic ring is 1. The van der Waals surface area contributed by atoms with E-state index < -0.39 is 0 Å². The SMILES string of the molecule is Nc1cc(Cl)cnc1NCCc1ccsc1. The van der Waals surface area contributed by atoms with E-state index in [0.717, 1.165) is 13.0 Å². The van der Waals surface area contributed by atoms with Crippen molar-refractivity contribution in [3.05, 3.63) is 39.7 Å². The summed E-state index contributed by atoms with van der Waals surface area (Å²) < 4.78 is 0. The molecule has 3 nitrogen and oxygen atoms in total. The number of hydrogen-bond donors (Lipinski definition) is 2. The zero-order chi connectivity index (χ0) is 11.4. The third-order valence-electron chi connectivity index (χ3n) is 2.17. The molecule has 2 aromatic heterocycles. The number of thiophene rings is 1. The first-order valence-corrected chi connectivity index (χ1v) is 6.24. The highest BCUT2D eigenvalue weighted by atomic mass is 35.5. The molecule has 0 aromatic carbocycles. The summed E-state index contributed by atoms with van der Waals surface area (Å²) in [6.07, 6.45) is 2.55. The number of halogens is 1. The Bertz CT molecular complexity index is 456. The van der Waals surface area contributed by atoms with Crippen molar-refractivity contribution in [2.24, 2.45) is 0 Å². The summed E-state index contributed by atoms with van der Waals surface area (Å²) >= 11 is 7.47. The normalized spacial score (nSPS) is 10.3. The lowest BCUT2D eigenvalue weighted by molar-refractivity contribution is 1.01. The van der Waals surface area contributed by atoms with Crippen molar-refractivity contribution in [1.29, 1.82) is 0 Å². The van der Waals surface area contributed by atoms with E-state index >= 15 is 0 Å². The highest BCUT2D eigenvalue weighted by Crippen LogP contribution is 2.19. The van der Waals surface area contributed by atoms with E-state index in [4.69, 9.17) is 17.3 Å². The zero-order valence-corrected chi connectivity index (χ0v) is 10.2. The van der Waals surface area contributed by atoms with Gasteiger partial charge in [-0.05, 0) is 34.9 Å². The van der Waals surface area contributed by atoms with Crippen LogP contribution in [0.1, 0.15) is 5.56 Å². The second kappa shape index (κ2) is 5.18. The molecule has 0 atom stereocenters. The minimum atomic E-state index is 0.556. The van der Waals surface area contributed by atoms with Crippen molar-refractivity contribution >= 4 is 34.4 Å². The van der Waals surface area contributed by atoms with Gasteiger partial charge in [-0.25, -0.2) is 4.98 Å². The van der Waals surface area contributed by atoms with Gasteiger partial charge in [-0.2, -0.15) is 11.3 Å². The molecule has 2 aromatic rings. The largest absolute Gasteiger partial charge is 0.396 e. The quantitative estimate of drug-likeness (QED) is 0.881. The third kappa shape index (κ3) is 2.87. The minimum Gasteiger partial charge on any atom is -0.396 e. The Morgan fingerprint density at radius 2 is 2.38 bits per heavy atom. The van der Waals surface area contributed by atoms with Gasteiger partial charge in [-0.3, -0.25) is 0 Å². The van der Waals surface area contributed by atoms with Crippen LogP contribution in [0.3, 0.4) is 0 Å². The lowest BCUT2D eigenvalue weighted by Gasteiger charge is -2.07. The number of pyridine rings is 1. The first-order chi connectivity index (χ1) is 7.75. The van der Waals surface area contributed by atoms with Crippen LogP contribution in [0.5, 0.6) is 0 Å². The van der Waals surface area contributed by atoms with E-state index in [1.807, 2.05) is 0 Å². The van der Waals surface area contributed by atoms with Crippen molar-refractivity contribution in [2.75, 3.05) is 17.6 Å². The molecule has 0 saturated carbocycles. The number of anilines is 2. The van der Waals surface area contributed by atoms with Crippen LogP contribution in [0.25, 0.3) is 0 Å². The molecule has 0 aliphatic carbocycles. The summed E-state index contributed by atoms with van der Waals surface area (Å²) in [5.41, 5.74) is 7.68. The molecule has 0 aliphatic rings. The van der Waals surface area contributed by atoms with E-state index in [9.17, 15) is 0 Å². The summed E-state index contributed by atoms with van der Waals surface area (Å²) in [6.45, 7) is 0.815. The monoisotopic (exact) mass is 253 g/mol. The lowest BCUT2D eigenvalue weighted by Crippen LogP contribution is -2.07. The Morgan fingerprint density at radius 1 is 1.50 bits per heavy atom. The highest BCUT2D eigenvalue weighted by molar-refractivity contribution is 7.07. The van der Waals surface area contributed by atoms with Crippen molar-refractivity contribution in [1.82, 2.24) is 4.98 Å². The van der Waals surface area contributed by atoms with Crippen molar-refractivity contribution in [2.45, 2.75) is 6.42 Å². The van der Waals surface area contributed by atoms with Crippen molar-refractivity contribution < 1.29 is 0 Å². The van der Waals surface area contributed by atoms with Gasteiger partial charge >= 0.3 is 0 Å². The average Bonchev–Trinajstić information content (AvgIpc) is 2.74. The van der Waals surface area contributed by atoms with Gasteiger partial charge in [0.15, 0.2) is 0 Å². The second-order valence-electron chi connectivity index (χ2n) is 3.40. The fourth-order valence-corrected chi connectivity index (χ4v) is 2.23. The van der Waals surface area contributed by atoms with Crippen LogP contribution >= 0.6 is 22.9 Å². The number of rotatable bonds is 4. The molecule has 3 N–H and O–H groups in total.